The van der Waals surface area contributed by atoms with Gasteiger partial charge in [-0.05, 0) is 6.92 Å². The number of rotatable bonds is 2. The fraction of sp³-hybridized carbons (Fsp3) is 0.385. The lowest BCUT2D eigenvalue weighted by Crippen LogP contribution is -2.26. The minimum atomic E-state index is -0.0590. The molecule has 1 saturated heterocycles. The van der Waals surface area contributed by atoms with Gasteiger partial charge in [0.1, 0.15) is 0 Å². The molecule has 0 saturated carbocycles. The lowest BCUT2D eigenvalue weighted by Gasteiger charge is -2.06. The molecule has 2 N–H and O–H groups in total. The maximum Gasteiger partial charge on any atom is 0.234 e. The van der Waals surface area contributed by atoms with E-state index in [1.54, 1.807) is 0 Å². The number of hydrogen-bond donors (Lipinski definition) is 1. The number of aryl methyl sites for hydroxylation is 1. The van der Waals surface area contributed by atoms with Crippen molar-refractivity contribution < 1.29 is 9.26 Å². The smallest absolute Gasteiger partial charge is 0.234 e. The van der Waals surface area contributed by atoms with Crippen LogP contribution in [0, 0.1) is 6.92 Å². The van der Waals surface area contributed by atoms with Crippen LogP contribution in [0.1, 0.15) is 17.4 Å². The lowest BCUT2D eigenvalue weighted by atomic mass is 10.1. The van der Waals surface area contributed by atoms with Crippen molar-refractivity contribution in [3.05, 3.63) is 35.7 Å². The molecule has 0 bridgehead atoms. The number of nitrogens with two attached hydrogens (primary N) is 1. The molecule has 0 amide bonds. The zero-order chi connectivity index (χ0) is 12.5. The van der Waals surface area contributed by atoms with Crippen LogP contribution in [0.25, 0.3) is 11.4 Å². The minimum Gasteiger partial charge on any atom is -0.379 e. The topological polar surface area (TPSA) is 74.2 Å². The van der Waals surface area contributed by atoms with E-state index in [2.05, 4.69) is 10.1 Å². The Morgan fingerprint density at radius 1 is 1.22 bits per heavy atom. The van der Waals surface area contributed by atoms with Crippen molar-refractivity contribution in [3.8, 4) is 11.4 Å². The summed E-state index contributed by atoms with van der Waals surface area (Å²) in [5, 5.41) is 4.00. The quantitative estimate of drug-likeness (QED) is 0.867. The molecular weight excluding hydrogens is 230 g/mol. The first-order valence-electron chi connectivity index (χ1n) is 5.98. The van der Waals surface area contributed by atoms with Gasteiger partial charge in [0.05, 0.1) is 19.1 Å². The van der Waals surface area contributed by atoms with Gasteiger partial charge in [-0.2, -0.15) is 4.98 Å². The summed E-state index contributed by atoms with van der Waals surface area (Å²) < 4.78 is 10.6. The van der Waals surface area contributed by atoms with Crippen LogP contribution in [0.15, 0.2) is 28.8 Å². The molecule has 0 radical (unpaired) electrons. The summed E-state index contributed by atoms with van der Waals surface area (Å²) in [6, 6.07) is 7.95. The van der Waals surface area contributed by atoms with Gasteiger partial charge in [-0.25, -0.2) is 0 Å². The van der Waals surface area contributed by atoms with Crippen molar-refractivity contribution in [1.82, 2.24) is 10.1 Å². The van der Waals surface area contributed by atoms with E-state index >= 15 is 0 Å². The predicted molar refractivity (Wildman–Crippen MR) is 66.0 cm³/mol. The third-order valence-electron chi connectivity index (χ3n) is 3.19. The van der Waals surface area contributed by atoms with E-state index in [1.807, 2.05) is 31.2 Å². The van der Waals surface area contributed by atoms with E-state index in [0.717, 1.165) is 5.56 Å². The van der Waals surface area contributed by atoms with Crippen LogP contribution in [0.4, 0.5) is 0 Å². The van der Waals surface area contributed by atoms with Gasteiger partial charge in [0.15, 0.2) is 0 Å². The van der Waals surface area contributed by atoms with Crippen molar-refractivity contribution in [2.24, 2.45) is 5.73 Å². The predicted octanol–water partition coefficient (Wildman–Crippen LogP) is 1.49. The van der Waals surface area contributed by atoms with Crippen molar-refractivity contribution in [1.29, 1.82) is 0 Å². The average molecular weight is 245 g/mol. The highest BCUT2D eigenvalue weighted by atomic mass is 16.5. The zero-order valence-corrected chi connectivity index (χ0v) is 10.2. The fourth-order valence-electron chi connectivity index (χ4n) is 2.03. The third kappa shape index (κ3) is 2.02. The maximum absolute atomic E-state index is 5.93. The SMILES string of the molecule is Cc1ccc(-c2noc(C3COCC3N)n2)cc1. The van der Waals surface area contributed by atoms with Gasteiger partial charge in [0, 0.05) is 11.6 Å². The average Bonchev–Trinajstić information content (AvgIpc) is 2.98. The highest BCUT2D eigenvalue weighted by Crippen LogP contribution is 2.25. The highest BCUT2D eigenvalue weighted by molar-refractivity contribution is 5.54. The second-order valence-corrected chi connectivity index (χ2v) is 4.63. The van der Waals surface area contributed by atoms with Gasteiger partial charge in [0.25, 0.3) is 0 Å². The van der Waals surface area contributed by atoms with E-state index in [9.17, 15) is 0 Å². The first-order valence-corrected chi connectivity index (χ1v) is 5.98. The molecule has 18 heavy (non-hydrogen) atoms. The van der Waals surface area contributed by atoms with Gasteiger partial charge < -0.3 is 15.0 Å². The summed E-state index contributed by atoms with van der Waals surface area (Å²) in [7, 11) is 0. The third-order valence-corrected chi connectivity index (χ3v) is 3.19. The largest absolute Gasteiger partial charge is 0.379 e. The normalized spacial score (nSPS) is 23.4. The zero-order valence-electron chi connectivity index (χ0n) is 10.2. The summed E-state index contributed by atoms with van der Waals surface area (Å²) in [6.45, 7) is 3.14. The highest BCUT2D eigenvalue weighted by Gasteiger charge is 2.31. The molecule has 2 unspecified atom stereocenters. The monoisotopic (exact) mass is 245 g/mol. The first-order chi connectivity index (χ1) is 8.74. The molecule has 1 fully saturated rings. The molecule has 0 spiro atoms. The molecule has 1 aliphatic rings. The van der Waals surface area contributed by atoms with Crippen molar-refractivity contribution >= 4 is 0 Å². The van der Waals surface area contributed by atoms with E-state index in [0.29, 0.717) is 24.9 Å². The summed E-state index contributed by atoms with van der Waals surface area (Å²) >= 11 is 0. The van der Waals surface area contributed by atoms with Crippen LogP contribution in [0.2, 0.25) is 0 Å². The van der Waals surface area contributed by atoms with Gasteiger partial charge in [0.2, 0.25) is 11.7 Å². The minimum absolute atomic E-state index is 0.0108. The number of ether oxygens (including phenoxy) is 1. The Labute approximate surface area is 105 Å². The van der Waals surface area contributed by atoms with Crippen LogP contribution < -0.4 is 5.73 Å². The number of hydrogen-bond acceptors (Lipinski definition) is 5. The first kappa shape index (κ1) is 11.4. The van der Waals surface area contributed by atoms with Gasteiger partial charge in [-0.1, -0.05) is 35.0 Å². The van der Waals surface area contributed by atoms with E-state index in [4.69, 9.17) is 15.0 Å². The molecule has 1 aromatic carbocycles. The molecule has 94 valence electrons. The molecule has 2 heterocycles. The van der Waals surface area contributed by atoms with Crippen molar-refractivity contribution in [2.45, 2.75) is 18.9 Å². The molecule has 3 rings (SSSR count). The van der Waals surface area contributed by atoms with Crippen molar-refractivity contribution in [2.75, 3.05) is 13.2 Å². The van der Waals surface area contributed by atoms with Crippen LogP contribution in [-0.2, 0) is 4.74 Å². The second kappa shape index (κ2) is 4.51. The summed E-state index contributed by atoms with van der Waals surface area (Å²) in [6.07, 6.45) is 0. The molecule has 1 aromatic heterocycles. The molecule has 0 aliphatic carbocycles. The van der Waals surface area contributed by atoms with E-state index in [-0.39, 0.29) is 12.0 Å². The molecule has 5 heteroatoms. The van der Waals surface area contributed by atoms with Crippen LogP contribution in [0.3, 0.4) is 0 Å². The van der Waals surface area contributed by atoms with Crippen molar-refractivity contribution in [3.63, 3.8) is 0 Å². The van der Waals surface area contributed by atoms with E-state index < -0.39 is 0 Å². The standard InChI is InChI=1S/C13H15N3O2/c1-8-2-4-9(5-3-8)12-15-13(18-16-12)10-6-17-7-11(10)14/h2-5,10-11H,6-7,14H2,1H3. The Bertz CT molecular complexity index is 535. The lowest BCUT2D eigenvalue weighted by molar-refractivity contribution is 0.187. The van der Waals surface area contributed by atoms with Crippen LogP contribution in [-0.4, -0.2) is 29.4 Å². The fourth-order valence-corrected chi connectivity index (χ4v) is 2.03. The van der Waals surface area contributed by atoms with Gasteiger partial charge in [-0.15, -0.1) is 0 Å². The number of nitrogens with zero attached hydrogens (tertiary/aromatic N) is 2. The molecular formula is C13H15N3O2. The molecule has 2 aromatic rings. The summed E-state index contributed by atoms with van der Waals surface area (Å²) in [5.74, 6) is 1.18. The number of aromatic nitrogens is 2. The Morgan fingerprint density at radius 3 is 2.67 bits per heavy atom. The Morgan fingerprint density at radius 2 is 2.00 bits per heavy atom. The molecule has 5 nitrogen and oxygen atoms in total. The summed E-state index contributed by atoms with van der Waals surface area (Å²) in [5.41, 5.74) is 8.08. The Kier molecular flexibility index (Phi) is 2.85. The Hall–Kier alpha value is -1.72. The van der Waals surface area contributed by atoms with Crippen LogP contribution in [0.5, 0.6) is 0 Å². The second-order valence-electron chi connectivity index (χ2n) is 4.63. The maximum atomic E-state index is 5.93. The molecule has 2 atom stereocenters. The van der Waals surface area contributed by atoms with Crippen LogP contribution >= 0.6 is 0 Å². The number of benzene rings is 1. The van der Waals surface area contributed by atoms with Gasteiger partial charge >= 0.3 is 0 Å². The van der Waals surface area contributed by atoms with Gasteiger partial charge in [-0.3, -0.25) is 0 Å². The Balaban J connectivity index is 1.87. The molecule has 1 aliphatic heterocycles. The van der Waals surface area contributed by atoms with E-state index in [1.165, 1.54) is 5.56 Å². The summed E-state index contributed by atoms with van der Waals surface area (Å²) in [4.78, 5) is 4.40.